The Bertz CT molecular complexity index is 1790. The van der Waals surface area contributed by atoms with Crippen LogP contribution in [0.25, 0.3) is 32.8 Å². The van der Waals surface area contributed by atoms with Crippen LogP contribution in [0.1, 0.15) is 47.4 Å². The van der Waals surface area contributed by atoms with E-state index in [0.717, 1.165) is 63.3 Å². The summed E-state index contributed by atoms with van der Waals surface area (Å²) in [6, 6.07) is 13.9. The second kappa shape index (κ2) is 11.1. The SMILES string of the molecule is Cc1c2c(nn1C)OCCCCCn1c(C(=O)O)c(CCCOc3cccc4cc(F)ccc34)c3ccc(Cl)c-2c31. The van der Waals surface area contributed by atoms with Gasteiger partial charge in [0.15, 0.2) is 0 Å². The number of fused-ring (bicyclic) bond motifs is 3. The fraction of sp³-hybridized carbons (Fsp3) is 0.312. The highest BCUT2D eigenvalue weighted by Gasteiger charge is 2.29. The molecule has 3 heterocycles. The summed E-state index contributed by atoms with van der Waals surface area (Å²) in [7, 11) is 1.87. The van der Waals surface area contributed by atoms with Crippen LogP contribution in [0.3, 0.4) is 0 Å². The van der Waals surface area contributed by atoms with E-state index >= 15 is 0 Å². The van der Waals surface area contributed by atoms with Gasteiger partial charge >= 0.3 is 5.97 Å². The molecule has 0 atom stereocenters. The van der Waals surface area contributed by atoms with Crippen LogP contribution in [-0.2, 0) is 20.0 Å². The molecule has 0 bridgehead atoms. The molecule has 0 fully saturated rings. The van der Waals surface area contributed by atoms with Crippen LogP contribution in [0, 0.1) is 12.7 Å². The number of nitrogens with zero attached hydrogens (tertiary/aromatic N) is 3. The highest BCUT2D eigenvalue weighted by atomic mass is 35.5. The fourth-order valence-electron chi connectivity index (χ4n) is 5.92. The summed E-state index contributed by atoms with van der Waals surface area (Å²) in [5.74, 6) is -0.0790. The molecule has 1 N–H and O–H groups in total. The Hall–Kier alpha value is -4.04. The first-order valence-electron chi connectivity index (χ1n) is 13.9. The van der Waals surface area contributed by atoms with Crippen LogP contribution in [0.15, 0.2) is 48.5 Å². The monoisotopic (exact) mass is 575 g/mol. The first-order chi connectivity index (χ1) is 19.8. The van der Waals surface area contributed by atoms with Gasteiger partial charge in [0.05, 0.1) is 29.3 Å². The molecule has 7 nitrogen and oxygen atoms in total. The molecule has 0 aliphatic carbocycles. The number of ether oxygens (including phenoxy) is 2. The molecular weight excluding hydrogens is 545 g/mol. The molecule has 0 saturated heterocycles. The van der Waals surface area contributed by atoms with Crippen LogP contribution >= 0.6 is 11.6 Å². The maximum Gasteiger partial charge on any atom is 0.352 e. The van der Waals surface area contributed by atoms with Gasteiger partial charge in [0, 0.05) is 35.6 Å². The zero-order valence-electron chi connectivity index (χ0n) is 23.0. The number of rotatable bonds is 6. The van der Waals surface area contributed by atoms with Crippen LogP contribution in [0.2, 0.25) is 5.02 Å². The van der Waals surface area contributed by atoms with E-state index in [9.17, 15) is 14.3 Å². The van der Waals surface area contributed by atoms with Gasteiger partial charge in [-0.25, -0.2) is 9.18 Å². The molecule has 0 amide bonds. The maximum absolute atomic E-state index is 13.7. The molecule has 6 rings (SSSR count). The van der Waals surface area contributed by atoms with Crippen molar-refractivity contribution in [3.05, 3.63) is 76.3 Å². The lowest BCUT2D eigenvalue weighted by Gasteiger charge is -2.13. The first-order valence-corrected chi connectivity index (χ1v) is 14.3. The molecule has 0 radical (unpaired) electrons. The molecule has 2 aromatic heterocycles. The second-order valence-electron chi connectivity index (χ2n) is 10.5. The average Bonchev–Trinajstić information content (AvgIpc) is 3.40. The lowest BCUT2D eigenvalue weighted by Crippen LogP contribution is -2.12. The van der Waals surface area contributed by atoms with Crippen molar-refractivity contribution in [1.29, 1.82) is 0 Å². The zero-order valence-corrected chi connectivity index (χ0v) is 23.8. The topological polar surface area (TPSA) is 78.5 Å². The van der Waals surface area contributed by atoms with Crippen molar-refractivity contribution < 1.29 is 23.8 Å². The molecule has 5 aromatic rings. The number of hydrogen-bond donors (Lipinski definition) is 1. The fourth-order valence-corrected chi connectivity index (χ4v) is 6.16. The smallest absolute Gasteiger partial charge is 0.352 e. The number of aromatic nitrogens is 3. The number of benzene rings is 3. The van der Waals surface area contributed by atoms with Crippen molar-refractivity contribution in [2.45, 2.75) is 45.6 Å². The summed E-state index contributed by atoms with van der Waals surface area (Å²) in [5, 5.41) is 18.1. The second-order valence-corrected chi connectivity index (χ2v) is 10.9. The summed E-state index contributed by atoms with van der Waals surface area (Å²) < 4.78 is 29.6. The molecule has 9 heteroatoms. The van der Waals surface area contributed by atoms with E-state index in [2.05, 4.69) is 5.10 Å². The largest absolute Gasteiger partial charge is 0.493 e. The molecule has 1 aliphatic heterocycles. The molecule has 3 aromatic carbocycles. The van der Waals surface area contributed by atoms with Gasteiger partial charge in [0.25, 0.3) is 0 Å². The molecule has 0 unspecified atom stereocenters. The van der Waals surface area contributed by atoms with Crippen LogP contribution < -0.4 is 9.47 Å². The van der Waals surface area contributed by atoms with E-state index in [1.54, 1.807) is 10.7 Å². The molecule has 1 aliphatic rings. The minimum atomic E-state index is -0.968. The summed E-state index contributed by atoms with van der Waals surface area (Å²) in [6.07, 6.45) is 3.65. The van der Waals surface area contributed by atoms with Crippen molar-refractivity contribution >= 4 is 39.2 Å². The highest BCUT2D eigenvalue weighted by Crippen LogP contribution is 2.44. The van der Waals surface area contributed by atoms with Gasteiger partial charge < -0.3 is 19.1 Å². The lowest BCUT2D eigenvalue weighted by molar-refractivity contribution is 0.0684. The van der Waals surface area contributed by atoms with Gasteiger partial charge in [-0.05, 0) is 80.3 Å². The zero-order chi connectivity index (χ0) is 28.7. The van der Waals surface area contributed by atoms with Crippen LogP contribution in [-0.4, -0.2) is 38.6 Å². The number of halogens is 2. The van der Waals surface area contributed by atoms with E-state index < -0.39 is 5.97 Å². The molecular formula is C32H31ClFN3O4. The van der Waals surface area contributed by atoms with Crippen molar-refractivity contribution in [1.82, 2.24) is 14.3 Å². The standard InChI is InChI=1S/C32H31ClFN3O4/c1-19-27-28-25(33)14-13-24-23(9-7-17-40-26-10-6-8-20-18-21(34)11-12-22(20)26)30(32(38)39)37(29(24)28)15-4-3-5-16-41-31(27)35-36(19)2/h6,8,10-14,18H,3-5,7,9,15-17H2,1-2H3,(H,38,39). The van der Waals surface area contributed by atoms with E-state index in [-0.39, 0.29) is 11.5 Å². The van der Waals surface area contributed by atoms with Crippen molar-refractivity contribution in [3.63, 3.8) is 0 Å². The molecule has 0 saturated carbocycles. The highest BCUT2D eigenvalue weighted by molar-refractivity contribution is 6.35. The third kappa shape index (κ3) is 4.90. The van der Waals surface area contributed by atoms with Gasteiger partial charge in [0.2, 0.25) is 5.88 Å². The Morgan fingerprint density at radius 3 is 2.78 bits per heavy atom. The van der Waals surface area contributed by atoms with Gasteiger partial charge in [0.1, 0.15) is 17.3 Å². The minimum Gasteiger partial charge on any atom is -0.493 e. The summed E-state index contributed by atoms with van der Waals surface area (Å²) in [6.45, 7) is 3.44. The Morgan fingerprint density at radius 2 is 1.95 bits per heavy atom. The third-order valence-corrected chi connectivity index (χ3v) is 8.24. The van der Waals surface area contributed by atoms with Crippen LogP contribution in [0.5, 0.6) is 11.6 Å². The predicted octanol–water partition coefficient (Wildman–Crippen LogP) is 7.57. The number of hydrogen-bond acceptors (Lipinski definition) is 4. The van der Waals surface area contributed by atoms with E-state index in [1.165, 1.54) is 12.1 Å². The van der Waals surface area contributed by atoms with Crippen LogP contribution in [0.4, 0.5) is 4.39 Å². The quantitative estimate of drug-likeness (QED) is 0.211. The number of carboxylic acids is 1. The molecule has 212 valence electrons. The number of aryl methyl sites for hydroxylation is 3. The van der Waals surface area contributed by atoms with Crippen molar-refractivity contribution in [2.75, 3.05) is 13.2 Å². The van der Waals surface area contributed by atoms with E-state index in [4.69, 9.17) is 21.1 Å². The normalized spacial score (nSPS) is 13.6. The number of carboxylic acid groups (broad SMARTS) is 1. The van der Waals surface area contributed by atoms with Crippen molar-refractivity contribution in [3.8, 4) is 22.8 Å². The Balaban J connectivity index is 1.41. The first kappa shape index (κ1) is 27.1. The van der Waals surface area contributed by atoms with Gasteiger partial charge in [-0.3, -0.25) is 4.68 Å². The number of carbonyl (C=O) groups is 1. The Morgan fingerprint density at radius 1 is 1.12 bits per heavy atom. The predicted molar refractivity (Wildman–Crippen MR) is 158 cm³/mol. The van der Waals surface area contributed by atoms with E-state index in [1.807, 2.05) is 48.9 Å². The maximum atomic E-state index is 13.7. The van der Waals surface area contributed by atoms with Gasteiger partial charge in [-0.2, -0.15) is 0 Å². The Kier molecular flexibility index (Phi) is 7.34. The Labute approximate surface area is 242 Å². The number of aromatic carboxylic acids is 1. The van der Waals surface area contributed by atoms with Gasteiger partial charge in [-0.15, -0.1) is 5.10 Å². The van der Waals surface area contributed by atoms with Crippen molar-refractivity contribution in [2.24, 2.45) is 7.05 Å². The molecule has 0 spiro atoms. The minimum absolute atomic E-state index is 0.285. The van der Waals surface area contributed by atoms with E-state index in [0.29, 0.717) is 49.3 Å². The van der Waals surface area contributed by atoms with Gasteiger partial charge in [-0.1, -0.05) is 29.8 Å². The third-order valence-electron chi connectivity index (χ3n) is 7.93. The molecule has 41 heavy (non-hydrogen) atoms. The average molecular weight is 576 g/mol. The summed E-state index contributed by atoms with van der Waals surface area (Å²) >= 11 is 6.88. The summed E-state index contributed by atoms with van der Waals surface area (Å²) in [5.41, 5.74) is 4.28. The summed E-state index contributed by atoms with van der Waals surface area (Å²) in [4.78, 5) is 12.8. The lowest BCUT2D eigenvalue weighted by atomic mass is 9.99.